The van der Waals surface area contributed by atoms with Crippen LogP contribution >= 0.6 is 11.8 Å². The van der Waals surface area contributed by atoms with Crippen LogP contribution in [-0.4, -0.2) is 29.9 Å². The molecule has 0 aromatic rings. The van der Waals surface area contributed by atoms with Crippen molar-refractivity contribution in [1.82, 2.24) is 0 Å². The average molecular weight is 512 g/mol. The number of rotatable bonds is 2. The van der Waals surface area contributed by atoms with Gasteiger partial charge in [-0.05, 0) is 11.8 Å². The monoisotopic (exact) mass is 512 g/mol. The number of hydrogen-bond donors (Lipinski definition) is 0. The fraction of sp³-hybridized carbons (Fsp3) is 0.286. The van der Waals surface area contributed by atoms with Crippen molar-refractivity contribution >= 4 is 29.8 Å². The summed E-state index contributed by atoms with van der Waals surface area (Å²) in [5.74, 6) is 0.163. The van der Waals surface area contributed by atoms with Gasteiger partial charge in [-0.2, -0.15) is 11.8 Å². The van der Waals surface area contributed by atoms with Crippen LogP contribution in [0.15, 0.2) is 44.9 Å². The molecule has 0 N–H and O–H groups in total. The molecule has 0 aromatic heterocycles. The zero-order chi connectivity index (χ0) is 12.4. The first-order chi connectivity index (χ1) is 8.83. The van der Waals surface area contributed by atoms with Crippen LogP contribution in [0.4, 0.5) is 0 Å². The van der Waals surface area contributed by atoms with Crippen LogP contribution < -0.4 is 0 Å². The first-order valence-electron chi connectivity index (χ1n) is 5.77. The minimum Gasteiger partial charge on any atom is -0.406 e. The molecule has 0 aromatic carbocycles. The molecule has 3 aliphatic rings. The standard InChI is InChI=1S/C13H11N2O2S.CH3.U/c16-13-10(8-9-3-5-14-6-4-9)15-12(17-13)11-2-1-7-18-11;;/h1,3,7-8,11H,2,4,6H2;1H3;/q2*-1;+2/b10-8-;;. The van der Waals surface area contributed by atoms with Gasteiger partial charge in [0.05, 0.1) is 5.25 Å². The average Bonchev–Trinajstić information content (AvgIpc) is 3.01. The van der Waals surface area contributed by atoms with Crippen molar-refractivity contribution in [3.63, 3.8) is 0 Å². The summed E-state index contributed by atoms with van der Waals surface area (Å²) < 4.78 is 5.21. The maximum atomic E-state index is 11.7. The summed E-state index contributed by atoms with van der Waals surface area (Å²) >= 11 is 1.63. The fourth-order valence-corrected chi connectivity index (χ4v) is 2.70. The van der Waals surface area contributed by atoms with E-state index in [1.807, 2.05) is 5.41 Å². The summed E-state index contributed by atoms with van der Waals surface area (Å²) in [4.78, 5) is 20.0. The Morgan fingerprint density at radius 1 is 1.50 bits per heavy atom. The normalized spacial score (nSPS) is 25.7. The van der Waals surface area contributed by atoms with Gasteiger partial charge in [-0.15, -0.1) is 17.8 Å². The molecule has 1 atom stereocenters. The predicted octanol–water partition coefficient (Wildman–Crippen LogP) is 2.57. The Kier molecular flexibility index (Phi) is 7.01. The van der Waals surface area contributed by atoms with Crippen molar-refractivity contribution in [3.05, 3.63) is 42.3 Å². The molecule has 3 heterocycles. The third-order valence-corrected chi connectivity index (χ3v) is 3.85. The largest absolute Gasteiger partial charge is 2.00 e. The van der Waals surface area contributed by atoms with E-state index in [0.29, 0.717) is 18.1 Å². The van der Waals surface area contributed by atoms with Crippen molar-refractivity contribution in [2.75, 3.05) is 6.54 Å². The van der Waals surface area contributed by atoms with Gasteiger partial charge in [-0.1, -0.05) is 12.5 Å². The molecule has 4 nitrogen and oxygen atoms in total. The second-order valence-electron chi connectivity index (χ2n) is 4.08. The van der Waals surface area contributed by atoms with E-state index in [9.17, 15) is 4.79 Å². The first kappa shape index (κ1) is 17.5. The molecule has 6 heteroatoms. The summed E-state index contributed by atoms with van der Waals surface area (Å²) in [6.45, 7) is 0.712. The number of carbonyl (C=O) groups excluding carboxylic acids is 1. The van der Waals surface area contributed by atoms with E-state index in [1.165, 1.54) is 0 Å². The molecule has 0 fully saturated rings. The molecule has 1 unspecified atom stereocenters. The van der Waals surface area contributed by atoms with Crippen LogP contribution in [0.3, 0.4) is 0 Å². The number of thioether (sulfide) groups is 1. The van der Waals surface area contributed by atoms with Crippen molar-refractivity contribution in [2.24, 2.45) is 9.98 Å². The number of ether oxygens (including phenoxy) is 1. The van der Waals surface area contributed by atoms with E-state index in [0.717, 1.165) is 18.4 Å². The quantitative estimate of drug-likeness (QED) is 0.325. The minimum atomic E-state index is -0.360. The Morgan fingerprint density at radius 2 is 2.35 bits per heavy atom. The molecule has 0 bridgehead atoms. The van der Waals surface area contributed by atoms with Crippen LogP contribution in [0.2, 0.25) is 0 Å². The van der Waals surface area contributed by atoms with Gasteiger partial charge >= 0.3 is 37.1 Å². The molecule has 0 radical (unpaired) electrons. The molecule has 20 heavy (non-hydrogen) atoms. The molecule has 0 saturated carbocycles. The van der Waals surface area contributed by atoms with Crippen LogP contribution in [-0.2, 0) is 9.53 Å². The second kappa shape index (κ2) is 8.02. The number of carbonyl (C=O) groups is 1. The summed E-state index contributed by atoms with van der Waals surface area (Å²) in [5.41, 5.74) is 1.40. The van der Waals surface area contributed by atoms with Gasteiger partial charge in [0.15, 0.2) is 0 Å². The predicted molar refractivity (Wildman–Crippen MR) is 78.2 cm³/mol. The molecule has 3 aliphatic heterocycles. The Hall–Kier alpha value is -0.568. The smallest absolute Gasteiger partial charge is 0.406 e. The number of hydrogen-bond acceptors (Lipinski definition) is 5. The molecular weight excluding hydrogens is 498 g/mol. The number of dihydropyridines is 1. The topological polar surface area (TPSA) is 51.0 Å². The Balaban J connectivity index is 0.000001000. The van der Waals surface area contributed by atoms with Crippen molar-refractivity contribution < 1.29 is 40.6 Å². The maximum Gasteiger partial charge on any atom is 2.00 e. The van der Waals surface area contributed by atoms with Crippen molar-refractivity contribution in [1.29, 1.82) is 0 Å². The van der Waals surface area contributed by atoms with Crippen LogP contribution in [0.1, 0.15) is 12.8 Å². The Morgan fingerprint density at radius 3 is 3.00 bits per heavy atom. The number of esters is 1. The number of allylic oxidation sites excluding steroid dienone is 3. The van der Waals surface area contributed by atoms with Crippen LogP contribution in [0, 0.1) is 38.5 Å². The summed E-state index contributed by atoms with van der Waals surface area (Å²) in [7, 11) is 0. The van der Waals surface area contributed by atoms with Gasteiger partial charge in [-0.3, -0.25) is 0 Å². The van der Waals surface area contributed by atoms with Crippen LogP contribution in [0.5, 0.6) is 0 Å². The third-order valence-electron chi connectivity index (χ3n) is 2.78. The Bertz CT molecular complexity index is 527. The minimum absolute atomic E-state index is 0. The van der Waals surface area contributed by atoms with Gasteiger partial charge in [0.2, 0.25) is 5.90 Å². The van der Waals surface area contributed by atoms with E-state index in [1.54, 1.807) is 23.9 Å². The molecular formula is C14H14N2O2SU. The molecule has 3 rings (SSSR count). The van der Waals surface area contributed by atoms with Crippen LogP contribution in [0.25, 0.3) is 0 Å². The summed E-state index contributed by atoms with van der Waals surface area (Å²) in [6.07, 6.45) is 10.1. The van der Waals surface area contributed by atoms with Gasteiger partial charge in [0.1, 0.15) is 5.70 Å². The van der Waals surface area contributed by atoms with Crippen molar-refractivity contribution in [2.45, 2.75) is 18.1 Å². The van der Waals surface area contributed by atoms with Gasteiger partial charge in [-0.25, -0.2) is 15.9 Å². The van der Waals surface area contributed by atoms with E-state index in [-0.39, 0.29) is 49.8 Å². The van der Waals surface area contributed by atoms with E-state index in [2.05, 4.69) is 22.3 Å². The fourth-order valence-electron chi connectivity index (χ4n) is 1.85. The summed E-state index contributed by atoms with van der Waals surface area (Å²) in [6, 6.07) is 0. The van der Waals surface area contributed by atoms with Gasteiger partial charge in [0.25, 0.3) is 0 Å². The second-order valence-corrected chi connectivity index (χ2v) is 5.19. The molecule has 102 valence electrons. The zero-order valence-corrected chi connectivity index (χ0v) is 16.1. The number of cyclic esters (lactones) is 1. The molecule has 0 spiro atoms. The summed E-state index contributed by atoms with van der Waals surface area (Å²) in [5, 5.41) is 2.16. The van der Waals surface area contributed by atoms with Crippen molar-refractivity contribution in [3.8, 4) is 0 Å². The number of nitrogens with zero attached hydrogens (tertiary/aromatic N) is 2. The first-order valence-corrected chi connectivity index (χ1v) is 6.71. The maximum absolute atomic E-state index is 11.7. The zero-order valence-electron chi connectivity index (χ0n) is 11.1. The van der Waals surface area contributed by atoms with E-state index < -0.39 is 0 Å². The SMILES string of the molecule is O=C1OC(C2CC=CS2)=N/C1=C\C1=C[C-]=NCC1.[CH3-].[U+2]. The third kappa shape index (κ3) is 3.97. The molecule has 0 aliphatic carbocycles. The van der Waals surface area contributed by atoms with Gasteiger partial charge in [0, 0.05) is 6.54 Å². The van der Waals surface area contributed by atoms with E-state index >= 15 is 0 Å². The van der Waals surface area contributed by atoms with Gasteiger partial charge < -0.3 is 17.2 Å². The molecule has 0 amide bonds. The molecule has 0 saturated heterocycles. The Labute approximate surface area is 146 Å². The van der Waals surface area contributed by atoms with E-state index in [4.69, 9.17) is 4.74 Å². The number of aliphatic imine (C=N–C) groups is 2.